The molecule has 128 valence electrons. The number of hydrogen-bond donors (Lipinski definition) is 2. The summed E-state index contributed by atoms with van der Waals surface area (Å²) in [6, 6.07) is 11.5. The fourth-order valence-corrected chi connectivity index (χ4v) is 2.22. The van der Waals surface area contributed by atoms with Crippen LogP contribution < -0.4 is 15.7 Å². The lowest BCUT2D eigenvalue weighted by atomic mass is 10.1. The van der Waals surface area contributed by atoms with E-state index in [-0.39, 0.29) is 11.3 Å². The van der Waals surface area contributed by atoms with E-state index in [2.05, 4.69) is 10.6 Å². The minimum absolute atomic E-state index is 0.220. The number of halogens is 1. The molecular formula is C18H14ClN2O4-. The van der Waals surface area contributed by atoms with Crippen LogP contribution in [0, 0.1) is 6.92 Å². The number of carbonyl (C=O) groups is 3. The number of benzene rings is 2. The van der Waals surface area contributed by atoms with Gasteiger partial charge in [-0.3, -0.25) is 9.59 Å². The number of nitrogens with one attached hydrogen (secondary N) is 2. The largest absolute Gasteiger partial charge is 0.545 e. The molecule has 2 N–H and O–H groups in total. The van der Waals surface area contributed by atoms with E-state index >= 15 is 0 Å². The Morgan fingerprint density at radius 3 is 2.36 bits per heavy atom. The molecule has 0 saturated carbocycles. The molecule has 2 amide bonds. The van der Waals surface area contributed by atoms with Gasteiger partial charge in [-0.25, -0.2) is 0 Å². The van der Waals surface area contributed by atoms with Crippen molar-refractivity contribution in [2.45, 2.75) is 6.92 Å². The zero-order valence-corrected chi connectivity index (χ0v) is 14.0. The van der Waals surface area contributed by atoms with Gasteiger partial charge in [0.05, 0.1) is 17.2 Å². The monoisotopic (exact) mass is 357 g/mol. The van der Waals surface area contributed by atoms with Crippen molar-refractivity contribution in [3.8, 4) is 0 Å². The maximum Gasteiger partial charge on any atom is 0.257 e. The number of hydrogen-bond acceptors (Lipinski definition) is 4. The summed E-state index contributed by atoms with van der Waals surface area (Å²) < 4.78 is 0. The molecule has 0 aromatic heterocycles. The van der Waals surface area contributed by atoms with Gasteiger partial charge in [-0.2, -0.15) is 0 Å². The molecule has 0 aliphatic carbocycles. The fraction of sp³-hybridized carbons (Fsp3) is 0.0556. The normalized spacial score (nSPS) is 10.5. The number of carboxylic acids is 1. The third-order valence-electron chi connectivity index (χ3n) is 3.32. The van der Waals surface area contributed by atoms with E-state index in [0.29, 0.717) is 16.8 Å². The summed E-state index contributed by atoms with van der Waals surface area (Å²) in [7, 11) is 0. The van der Waals surface area contributed by atoms with Crippen molar-refractivity contribution in [3.63, 3.8) is 0 Å². The van der Waals surface area contributed by atoms with E-state index in [1.807, 2.05) is 0 Å². The van der Waals surface area contributed by atoms with E-state index in [4.69, 9.17) is 11.6 Å². The lowest BCUT2D eigenvalue weighted by Crippen LogP contribution is -2.20. The Bertz CT molecular complexity index is 862. The first-order chi connectivity index (χ1) is 11.9. The van der Waals surface area contributed by atoms with Gasteiger partial charge in [0.15, 0.2) is 0 Å². The molecule has 0 saturated heterocycles. The number of rotatable bonds is 5. The first-order valence-electron chi connectivity index (χ1n) is 7.24. The molecule has 7 heteroatoms. The third-order valence-corrected chi connectivity index (χ3v) is 3.73. The average molecular weight is 358 g/mol. The quantitative estimate of drug-likeness (QED) is 0.801. The molecule has 0 aliphatic heterocycles. The molecule has 0 fully saturated rings. The van der Waals surface area contributed by atoms with E-state index in [1.54, 1.807) is 37.3 Å². The van der Waals surface area contributed by atoms with Crippen LogP contribution in [-0.2, 0) is 9.59 Å². The molecule has 0 atom stereocenters. The second-order valence-corrected chi connectivity index (χ2v) is 5.46. The van der Waals surface area contributed by atoms with Crippen LogP contribution >= 0.6 is 11.6 Å². The average Bonchev–Trinajstić information content (AvgIpc) is 2.57. The van der Waals surface area contributed by atoms with Gasteiger partial charge in [0.2, 0.25) is 5.91 Å². The van der Waals surface area contributed by atoms with Crippen molar-refractivity contribution in [3.05, 3.63) is 70.8 Å². The molecule has 0 unspecified atom stereocenters. The van der Waals surface area contributed by atoms with Crippen LogP contribution in [0.5, 0.6) is 0 Å². The Labute approximate surface area is 149 Å². The van der Waals surface area contributed by atoms with Crippen molar-refractivity contribution in [1.82, 2.24) is 0 Å². The van der Waals surface area contributed by atoms with E-state index in [0.717, 1.165) is 11.6 Å². The second kappa shape index (κ2) is 8.12. The molecule has 2 aromatic rings. The van der Waals surface area contributed by atoms with Crippen LogP contribution in [0.2, 0.25) is 5.02 Å². The van der Waals surface area contributed by atoms with Crippen molar-refractivity contribution in [2.75, 3.05) is 10.6 Å². The Morgan fingerprint density at radius 2 is 1.64 bits per heavy atom. The summed E-state index contributed by atoms with van der Waals surface area (Å²) in [5.41, 5.74) is 1.73. The van der Waals surface area contributed by atoms with Gasteiger partial charge in [0.1, 0.15) is 0 Å². The maximum absolute atomic E-state index is 12.5. The summed E-state index contributed by atoms with van der Waals surface area (Å²) in [6.45, 7) is 1.77. The minimum atomic E-state index is -1.49. The molecule has 0 spiro atoms. The zero-order valence-electron chi connectivity index (χ0n) is 13.2. The Balaban J connectivity index is 2.22. The standard InChI is InChI=1S/C18H15ClN2O4/c1-11-13(19)6-4-8-14(11)21-18(25)12-5-2-3-7-15(12)20-16(22)9-10-17(23)24/h2-10H,1H3,(H,20,22)(H,21,25)(H,23,24)/p-1. The van der Waals surface area contributed by atoms with Gasteiger partial charge in [-0.15, -0.1) is 0 Å². The highest BCUT2D eigenvalue weighted by Gasteiger charge is 2.14. The Morgan fingerprint density at radius 1 is 0.960 bits per heavy atom. The highest BCUT2D eigenvalue weighted by Crippen LogP contribution is 2.24. The van der Waals surface area contributed by atoms with Crippen molar-refractivity contribution in [2.24, 2.45) is 0 Å². The highest BCUT2D eigenvalue weighted by atomic mass is 35.5. The lowest BCUT2D eigenvalue weighted by Gasteiger charge is -2.12. The molecule has 0 aliphatic rings. The first-order valence-corrected chi connectivity index (χ1v) is 7.62. The van der Waals surface area contributed by atoms with Gasteiger partial charge in [0, 0.05) is 16.8 Å². The van der Waals surface area contributed by atoms with Gasteiger partial charge in [-0.1, -0.05) is 29.8 Å². The lowest BCUT2D eigenvalue weighted by molar-refractivity contribution is -0.297. The predicted molar refractivity (Wildman–Crippen MR) is 93.4 cm³/mol. The molecular weight excluding hydrogens is 344 g/mol. The molecule has 0 bridgehead atoms. The van der Waals surface area contributed by atoms with Crippen molar-refractivity contribution in [1.29, 1.82) is 0 Å². The maximum atomic E-state index is 12.5. The van der Waals surface area contributed by atoms with Crippen LogP contribution in [0.3, 0.4) is 0 Å². The van der Waals surface area contributed by atoms with Crippen LogP contribution in [0.15, 0.2) is 54.6 Å². The Kier molecular flexibility index (Phi) is 5.92. The number of amides is 2. The topological polar surface area (TPSA) is 98.3 Å². The number of carboxylic acid groups (broad SMARTS) is 1. The first kappa shape index (κ1) is 18.2. The van der Waals surface area contributed by atoms with Crippen LogP contribution in [0.1, 0.15) is 15.9 Å². The van der Waals surface area contributed by atoms with Gasteiger partial charge in [-0.05, 0) is 42.8 Å². The molecule has 2 aromatic carbocycles. The molecule has 0 heterocycles. The van der Waals surface area contributed by atoms with Gasteiger partial charge >= 0.3 is 0 Å². The van der Waals surface area contributed by atoms with Crippen LogP contribution in [0.25, 0.3) is 0 Å². The highest BCUT2D eigenvalue weighted by molar-refractivity contribution is 6.31. The fourth-order valence-electron chi connectivity index (χ4n) is 2.04. The predicted octanol–water partition coefficient (Wildman–Crippen LogP) is 2.15. The summed E-state index contributed by atoms with van der Waals surface area (Å²) in [5.74, 6) is -2.62. The van der Waals surface area contributed by atoms with E-state index in [1.165, 1.54) is 12.1 Å². The van der Waals surface area contributed by atoms with E-state index in [9.17, 15) is 19.5 Å². The second-order valence-electron chi connectivity index (χ2n) is 5.05. The molecule has 6 nitrogen and oxygen atoms in total. The summed E-state index contributed by atoms with van der Waals surface area (Å²) in [4.78, 5) is 34.6. The number of carbonyl (C=O) groups excluding carboxylic acids is 3. The summed E-state index contributed by atoms with van der Waals surface area (Å²) >= 11 is 6.03. The van der Waals surface area contributed by atoms with Crippen molar-refractivity contribution < 1.29 is 19.5 Å². The smallest absolute Gasteiger partial charge is 0.257 e. The van der Waals surface area contributed by atoms with Crippen LogP contribution in [0.4, 0.5) is 11.4 Å². The van der Waals surface area contributed by atoms with Crippen molar-refractivity contribution >= 4 is 40.8 Å². The summed E-state index contributed by atoms with van der Waals surface area (Å²) in [6.07, 6.45) is 1.42. The minimum Gasteiger partial charge on any atom is -0.545 e. The molecule has 25 heavy (non-hydrogen) atoms. The summed E-state index contributed by atoms with van der Waals surface area (Å²) in [5, 5.41) is 16.1. The third kappa shape index (κ3) is 4.92. The zero-order chi connectivity index (χ0) is 18.4. The van der Waals surface area contributed by atoms with Gasteiger partial charge in [0.25, 0.3) is 5.91 Å². The number of para-hydroxylation sites is 1. The van der Waals surface area contributed by atoms with Crippen LogP contribution in [-0.4, -0.2) is 17.8 Å². The van der Waals surface area contributed by atoms with Gasteiger partial charge < -0.3 is 20.5 Å². The van der Waals surface area contributed by atoms with E-state index < -0.39 is 17.8 Å². The molecule has 0 radical (unpaired) electrons. The number of anilines is 2. The Hall–Kier alpha value is -3.12. The SMILES string of the molecule is Cc1c(Cl)cccc1NC(=O)c1ccccc1NC(=O)C=CC(=O)[O-]. The molecule has 2 rings (SSSR count). The number of aliphatic carboxylic acids is 1.